The minimum absolute atomic E-state index is 0.139. The first kappa shape index (κ1) is 17.8. The molecular formula is C22H26N4O2. The summed E-state index contributed by atoms with van der Waals surface area (Å²) >= 11 is 0. The Morgan fingerprint density at radius 2 is 2.04 bits per heavy atom. The van der Waals surface area contributed by atoms with Crippen molar-refractivity contribution in [2.24, 2.45) is 5.92 Å². The quantitative estimate of drug-likeness (QED) is 0.867. The SMILES string of the molecule is O=C([C@@H]1CCNC1)N1CCC2(CC1)OCCc1cnc(-c3ccccc3)nc12. The Morgan fingerprint density at radius 1 is 1.21 bits per heavy atom. The van der Waals surface area contributed by atoms with Gasteiger partial charge in [0.2, 0.25) is 5.91 Å². The van der Waals surface area contributed by atoms with E-state index in [-0.39, 0.29) is 11.5 Å². The first-order valence-corrected chi connectivity index (χ1v) is 10.3. The Bertz CT molecular complexity index is 856. The highest BCUT2D eigenvalue weighted by Gasteiger charge is 2.44. The van der Waals surface area contributed by atoms with Gasteiger partial charge in [0, 0.05) is 31.4 Å². The lowest BCUT2D eigenvalue weighted by atomic mass is 9.83. The Hall–Kier alpha value is -2.31. The zero-order valence-electron chi connectivity index (χ0n) is 16.1. The average Bonchev–Trinajstić information content (AvgIpc) is 3.30. The number of nitrogens with zero attached hydrogens (tertiary/aromatic N) is 3. The summed E-state index contributed by atoms with van der Waals surface area (Å²) in [5, 5.41) is 3.29. The summed E-state index contributed by atoms with van der Waals surface area (Å²) in [6, 6.07) is 10.1. The topological polar surface area (TPSA) is 67.4 Å². The van der Waals surface area contributed by atoms with Gasteiger partial charge in [-0.1, -0.05) is 30.3 Å². The van der Waals surface area contributed by atoms with Gasteiger partial charge in [-0.25, -0.2) is 9.97 Å². The molecule has 0 unspecified atom stereocenters. The number of benzene rings is 1. The monoisotopic (exact) mass is 378 g/mol. The van der Waals surface area contributed by atoms with Crippen LogP contribution in [0.3, 0.4) is 0 Å². The molecule has 0 aliphatic carbocycles. The zero-order valence-corrected chi connectivity index (χ0v) is 16.1. The van der Waals surface area contributed by atoms with E-state index in [1.54, 1.807) is 0 Å². The molecular weight excluding hydrogens is 352 g/mol. The summed E-state index contributed by atoms with van der Waals surface area (Å²) in [5.74, 6) is 1.18. The van der Waals surface area contributed by atoms with Gasteiger partial charge in [0.15, 0.2) is 5.82 Å². The molecule has 146 valence electrons. The maximum atomic E-state index is 12.8. The van der Waals surface area contributed by atoms with Crippen LogP contribution in [0.1, 0.15) is 30.5 Å². The number of hydrogen-bond donors (Lipinski definition) is 1. The lowest BCUT2D eigenvalue weighted by Crippen LogP contribution is -2.50. The molecule has 2 aromatic rings. The second-order valence-corrected chi connectivity index (χ2v) is 8.04. The van der Waals surface area contributed by atoms with Crippen LogP contribution >= 0.6 is 0 Å². The second-order valence-electron chi connectivity index (χ2n) is 8.04. The van der Waals surface area contributed by atoms with E-state index in [1.807, 2.05) is 41.4 Å². The van der Waals surface area contributed by atoms with Crippen LogP contribution in [-0.2, 0) is 21.6 Å². The van der Waals surface area contributed by atoms with Crippen LogP contribution in [0.5, 0.6) is 0 Å². The standard InChI is InChI=1S/C22H26N4O2/c27-21(18-6-10-23-14-18)26-11-8-22(9-12-26)19-17(7-13-28-22)15-24-20(25-19)16-4-2-1-3-5-16/h1-5,15,18,23H,6-14H2/t18-/m1/s1. The molecule has 28 heavy (non-hydrogen) atoms. The van der Waals surface area contributed by atoms with E-state index < -0.39 is 0 Å². The summed E-state index contributed by atoms with van der Waals surface area (Å²) < 4.78 is 6.34. The van der Waals surface area contributed by atoms with Crippen molar-refractivity contribution in [1.29, 1.82) is 0 Å². The van der Waals surface area contributed by atoms with Crippen LogP contribution < -0.4 is 5.32 Å². The number of hydrogen-bond acceptors (Lipinski definition) is 5. The molecule has 3 aliphatic rings. The molecule has 3 aliphatic heterocycles. The van der Waals surface area contributed by atoms with Gasteiger partial charge in [0.25, 0.3) is 0 Å². The first-order valence-electron chi connectivity index (χ1n) is 10.3. The molecule has 1 amide bonds. The lowest BCUT2D eigenvalue weighted by molar-refractivity contribution is -0.144. The molecule has 5 rings (SSSR count). The van der Waals surface area contributed by atoms with Crippen LogP contribution in [0.2, 0.25) is 0 Å². The van der Waals surface area contributed by atoms with Gasteiger partial charge in [-0.05, 0) is 37.8 Å². The van der Waals surface area contributed by atoms with E-state index in [0.717, 1.165) is 68.9 Å². The van der Waals surface area contributed by atoms with Gasteiger partial charge in [0.05, 0.1) is 18.2 Å². The van der Waals surface area contributed by atoms with Crippen molar-refractivity contribution < 1.29 is 9.53 Å². The summed E-state index contributed by atoms with van der Waals surface area (Å²) in [6.07, 6.45) is 5.38. The summed E-state index contributed by atoms with van der Waals surface area (Å²) in [6.45, 7) is 3.93. The van der Waals surface area contributed by atoms with Crippen molar-refractivity contribution in [1.82, 2.24) is 20.2 Å². The Morgan fingerprint density at radius 3 is 2.79 bits per heavy atom. The van der Waals surface area contributed by atoms with Crippen molar-refractivity contribution in [3.8, 4) is 11.4 Å². The predicted molar refractivity (Wildman–Crippen MR) is 106 cm³/mol. The van der Waals surface area contributed by atoms with Gasteiger partial charge in [-0.3, -0.25) is 4.79 Å². The highest BCUT2D eigenvalue weighted by molar-refractivity contribution is 5.79. The number of carbonyl (C=O) groups excluding carboxylic acids is 1. The molecule has 1 spiro atoms. The zero-order chi connectivity index (χ0) is 19.0. The first-order chi connectivity index (χ1) is 13.8. The highest BCUT2D eigenvalue weighted by atomic mass is 16.5. The fourth-order valence-corrected chi connectivity index (χ4v) is 4.73. The average molecular weight is 378 g/mol. The lowest BCUT2D eigenvalue weighted by Gasteiger charge is -2.44. The Labute approximate surface area is 165 Å². The molecule has 2 saturated heterocycles. The van der Waals surface area contributed by atoms with Crippen molar-refractivity contribution in [3.05, 3.63) is 47.8 Å². The molecule has 0 radical (unpaired) electrons. The van der Waals surface area contributed by atoms with E-state index >= 15 is 0 Å². The minimum atomic E-state index is -0.384. The molecule has 4 heterocycles. The third-order valence-corrected chi connectivity index (χ3v) is 6.37. The number of amides is 1. The van der Waals surface area contributed by atoms with E-state index in [2.05, 4.69) is 10.3 Å². The van der Waals surface area contributed by atoms with Crippen molar-refractivity contribution in [2.45, 2.75) is 31.3 Å². The van der Waals surface area contributed by atoms with E-state index in [1.165, 1.54) is 5.56 Å². The van der Waals surface area contributed by atoms with Gasteiger partial charge >= 0.3 is 0 Å². The number of piperidine rings is 1. The molecule has 1 N–H and O–H groups in total. The fraction of sp³-hybridized carbons (Fsp3) is 0.500. The third-order valence-electron chi connectivity index (χ3n) is 6.37. The van der Waals surface area contributed by atoms with Crippen molar-refractivity contribution >= 4 is 5.91 Å². The number of rotatable bonds is 2. The molecule has 0 saturated carbocycles. The Balaban J connectivity index is 1.39. The summed E-state index contributed by atoms with van der Waals surface area (Å²) in [7, 11) is 0. The largest absolute Gasteiger partial charge is 0.368 e. The second kappa shape index (κ2) is 7.26. The van der Waals surface area contributed by atoms with Crippen molar-refractivity contribution in [3.63, 3.8) is 0 Å². The smallest absolute Gasteiger partial charge is 0.227 e. The molecule has 6 nitrogen and oxygen atoms in total. The van der Waals surface area contributed by atoms with Gasteiger partial charge in [-0.15, -0.1) is 0 Å². The van der Waals surface area contributed by atoms with Gasteiger partial charge in [0.1, 0.15) is 5.60 Å². The van der Waals surface area contributed by atoms with Crippen LogP contribution in [0.4, 0.5) is 0 Å². The van der Waals surface area contributed by atoms with Crippen LogP contribution in [0, 0.1) is 5.92 Å². The van der Waals surface area contributed by atoms with E-state index in [9.17, 15) is 4.79 Å². The number of nitrogens with one attached hydrogen (secondary N) is 1. The molecule has 6 heteroatoms. The third kappa shape index (κ3) is 3.10. The maximum absolute atomic E-state index is 12.8. The minimum Gasteiger partial charge on any atom is -0.368 e. The van der Waals surface area contributed by atoms with Crippen LogP contribution in [0.15, 0.2) is 36.5 Å². The molecule has 1 atom stereocenters. The van der Waals surface area contributed by atoms with E-state index in [4.69, 9.17) is 9.72 Å². The molecule has 1 aromatic carbocycles. The molecule has 1 aromatic heterocycles. The van der Waals surface area contributed by atoms with Crippen LogP contribution in [-0.4, -0.2) is 53.6 Å². The highest BCUT2D eigenvalue weighted by Crippen LogP contribution is 2.41. The van der Waals surface area contributed by atoms with Gasteiger partial charge < -0.3 is 15.0 Å². The number of carbonyl (C=O) groups is 1. The van der Waals surface area contributed by atoms with Gasteiger partial charge in [-0.2, -0.15) is 0 Å². The fourth-order valence-electron chi connectivity index (χ4n) is 4.73. The van der Waals surface area contributed by atoms with Crippen molar-refractivity contribution in [2.75, 3.05) is 32.8 Å². The normalized spacial score (nSPS) is 23.6. The molecule has 0 bridgehead atoms. The number of fused-ring (bicyclic) bond motifs is 2. The summed E-state index contributed by atoms with van der Waals surface area (Å²) in [4.78, 5) is 24.4. The number of ether oxygens (including phenoxy) is 1. The Kier molecular flexibility index (Phi) is 4.61. The summed E-state index contributed by atoms with van der Waals surface area (Å²) in [5.41, 5.74) is 2.85. The molecule has 2 fully saturated rings. The van der Waals surface area contributed by atoms with E-state index in [0.29, 0.717) is 12.5 Å². The maximum Gasteiger partial charge on any atom is 0.227 e. The van der Waals surface area contributed by atoms with Crippen LogP contribution in [0.25, 0.3) is 11.4 Å². The predicted octanol–water partition coefficient (Wildman–Crippen LogP) is 2.14. The number of aromatic nitrogens is 2. The number of likely N-dealkylation sites (tertiary alicyclic amines) is 1.